The Morgan fingerprint density at radius 2 is 1.71 bits per heavy atom. The van der Waals surface area contributed by atoms with Gasteiger partial charge in [0.15, 0.2) is 5.78 Å². The number of nitrogens with one attached hydrogen (secondary N) is 1. The lowest BCUT2D eigenvalue weighted by atomic mass is 9.38. The van der Waals surface area contributed by atoms with Gasteiger partial charge in [-0.25, -0.2) is 0 Å². The van der Waals surface area contributed by atoms with Crippen LogP contribution in [0.3, 0.4) is 0 Å². The first-order valence-electron chi connectivity index (χ1n) is 33.8. The summed E-state index contributed by atoms with van der Waals surface area (Å²) in [6.07, 6.45) is 20.1. The molecule has 1 aromatic carbocycles. The minimum absolute atomic E-state index is 0.0277. The second-order valence-electron chi connectivity index (χ2n) is 31.6. The Hall–Kier alpha value is -2.62. The number of amides is 1. The summed E-state index contributed by atoms with van der Waals surface area (Å²) in [6, 6.07) is 5.36. The number of ether oxygens (including phenoxy) is 2. The van der Waals surface area contributed by atoms with Crippen LogP contribution in [0.5, 0.6) is 5.75 Å². The zero-order valence-corrected chi connectivity index (χ0v) is 53.0. The lowest BCUT2D eigenvalue weighted by molar-refractivity contribution is -0.235. The number of phenols is 1. The third-order valence-electron chi connectivity index (χ3n) is 28.3. The lowest BCUT2D eigenvalue weighted by Gasteiger charge is -2.68. The summed E-state index contributed by atoms with van der Waals surface area (Å²) in [6.45, 7) is 8.13. The predicted octanol–water partition coefficient (Wildman–Crippen LogP) is 7.62. The van der Waals surface area contributed by atoms with E-state index in [1.807, 2.05) is 24.0 Å². The molecule has 87 heavy (non-hydrogen) atoms. The summed E-state index contributed by atoms with van der Waals surface area (Å²) in [7, 11) is 2.51. The van der Waals surface area contributed by atoms with Crippen LogP contribution in [0.15, 0.2) is 65.8 Å². The van der Waals surface area contributed by atoms with Crippen molar-refractivity contribution in [3.05, 3.63) is 71.4 Å². The molecule has 9 aliphatic carbocycles. The topological polar surface area (TPSA) is 253 Å². The van der Waals surface area contributed by atoms with Gasteiger partial charge in [-0.15, -0.1) is 0 Å². The van der Waals surface area contributed by atoms with Crippen molar-refractivity contribution in [2.75, 3.05) is 37.0 Å². The molecule has 1 amide bonds. The summed E-state index contributed by atoms with van der Waals surface area (Å²) in [5.74, 6) is -1.90. The molecule has 24 atom stereocenters. The molecule has 3 saturated heterocycles. The number of fused-ring (bicyclic) bond motifs is 4. The number of ketones is 1. The molecule has 0 radical (unpaired) electrons. The van der Waals surface area contributed by atoms with Crippen LogP contribution in [0.4, 0.5) is 5.69 Å². The van der Waals surface area contributed by atoms with Crippen molar-refractivity contribution in [1.29, 1.82) is 0 Å². The largest absolute Gasteiger partial charge is 0.508 e. The molecular formula is C70H96N2O13S2. The molecule has 1 aromatic rings. The monoisotopic (exact) mass is 1240 g/mol. The zero-order valence-electron chi connectivity index (χ0n) is 51.4. The molecule has 5 spiro atoms. The van der Waals surface area contributed by atoms with Gasteiger partial charge in [0.25, 0.3) is 0 Å². The number of epoxide rings is 1. The van der Waals surface area contributed by atoms with E-state index in [4.69, 9.17) is 9.47 Å². The Kier molecular flexibility index (Phi) is 14.6. The molecular weight excluding hydrogens is 1140 g/mol. The molecule has 9 fully saturated rings. The number of aliphatic hydroxyl groups is 8. The predicted molar refractivity (Wildman–Crippen MR) is 332 cm³/mol. The normalized spacial score (nSPS) is 50.6. The van der Waals surface area contributed by atoms with Crippen molar-refractivity contribution in [3.8, 4) is 5.75 Å². The van der Waals surface area contributed by atoms with Crippen LogP contribution in [-0.2, 0) is 25.5 Å². The number of piperidine rings is 1. The highest BCUT2D eigenvalue weighted by molar-refractivity contribution is 8.76. The number of rotatable bonds is 6. The van der Waals surface area contributed by atoms with E-state index in [1.165, 1.54) is 16.4 Å². The summed E-state index contributed by atoms with van der Waals surface area (Å²) >= 11 is 0. The van der Waals surface area contributed by atoms with E-state index in [1.54, 1.807) is 18.2 Å². The van der Waals surface area contributed by atoms with Crippen LogP contribution < -0.4 is 10.2 Å². The second-order valence-corrected chi connectivity index (χ2v) is 34.0. The summed E-state index contributed by atoms with van der Waals surface area (Å²) in [4.78, 5) is 34.7. The van der Waals surface area contributed by atoms with Crippen molar-refractivity contribution in [2.45, 2.75) is 214 Å². The number of nitrogens with zero attached hydrogens (tertiary/aromatic N) is 1. The van der Waals surface area contributed by atoms with Gasteiger partial charge in [0, 0.05) is 64.9 Å². The van der Waals surface area contributed by atoms with Gasteiger partial charge < -0.3 is 65.6 Å². The summed E-state index contributed by atoms with van der Waals surface area (Å²) in [5.41, 5.74) is -10.2. The second kappa shape index (κ2) is 20.9. The van der Waals surface area contributed by atoms with Crippen LogP contribution in [0.1, 0.15) is 149 Å². The van der Waals surface area contributed by atoms with Gasteiger partial charge in [0.1, 0.15) is 28.5 Å². The average molecular weight is 1240 g/mol. The molecule has 8 bridgehead atoms. The van der Waals surface area contributed by atoms with Crippen molar-refractivity contribution < 1.29 is 65.0 Å². The molecule has 7 aliphatic heterocycles. The molecule has 0 aromatic heterocycles. The third-order valence-corrected chi connectivity index (χ3v) is 30.9. The fourth-order valence-electron chi connectivity index (χ4n) is 24.0. The van der Waals surface area contributed by atoms with Crippen molar-refractivity contribution >= 4 is 39.0 Å². The van der Waals surface area contributed by atoms with Crippen molar-refractivity contribution in [1.82, 2.24) is 5.32 Å². The van der Waals surface area contributed by atoms with Gasteiger partial charge in [0.05, 0.1) is 54.1 Å². The first-order valence-corrected chi connectivity index (χ1v) is 36.2. The highest BCUT2D eigenvalue weighted by Crippen LogP contribution is 2.77. The van der Waals surface area contributed by atoms with Crippen molar-refractivity contribution in [3.63, 3.8) is 0 Å². The van der Waals surface area contributed by atoms with Gasteiger partial charge in [-0.05, 0) is 190 Å². The maximum absolute atomic E-state index is 16.8. The van der Waals surface area contributed by atoms with E-state index < -0.39 is 110 Å². The number of carbonyl (C=O) groups excluding carboxylic acids is 2. The number of aliphatic hydroxyl groups excluding tert-OH is 5. The fraction of sp³-hybridized carbons (Fsp3) is 0.771. The maximum Gasteiger partial charge on any atom is 0.234 e. The smallest absolute Gasteiger partial charge is 0.234 e. The number of carbonyl (C=O) groups is 2. The van der Waals surface area contributed by atoms with Crippen LogP contribution in [0.2, 0.25) is 0 Å². The van der Waals surface area contributed by atoms with Gasteiger partial charge in [-0.1, -0.05) is 98.9 Å². The highest BCUT2D eigenvalue weighted by atomic mass is 33.1. The first kappa shape index (κ1) is 60.6. The lowest BCUT2D eigenvalue weighted by Crippen LogP contribution is -2.72. The van der Waals surface area contributed by atoms with E-state index in [2.05, 4.69) is 50.4 Å². The standard InChI is InChI=1S/C70H96N2O13S2/c1-38(2)39(3)57-59(85-57)68(82)19-8-13-43-28-50-51-31-55(76)67(32-56(77)65(81,37-74)35-62(50,67)4)61(80)87-86-34-45-12-7-11-44(33-73)70(45)60(79)72(46-24-40(25-47(75)29-46)14-21-66(43)54(68)16-22-69(51,66)83)36-63(70)20-15-48(58(63)78)52-27-42-26-41-10-9-23-84-53(41)30-49(42)64(71-52)17-5-6-18-64/h8-10,13,24-26,29,31,38-39,42-45,48-50,52-54,56-59,61,71,73-75,77-78,80-83H,5-7,11-12,14-23,27-28,30,32-37H2,1-4H3. The fourth-order valence-corrected chi connectivity index (χ4v) is 27.1. The number of anilines is 1. The minimum atomic E-state index is -2.04. The number of aromatic hydroxyl groups is 1. The summed E-state index contributed by atoms with van der Waals surface area (Å²) < 4.78 is 12.9. The number of benzene rings is 1. The molecule has 15 nitrogen and oxygen atoms in total. The van der Waals surface area contributed by atoms with Gasteiger partial charge in [0.2, 0.25) is 5.91 Å². The first-order chi connectivity index (χ1) is 41.5. The van der Waals surface area contributed by atoms with Crippen molar-refractivity contribution in [2.24, 2.45) is 86.3 Å². The molecule has 10 N–H and O–H groups in total. The molecule has 16 aliphatic rings. The van der Waals surface area contributed by atoms with E-state index in [-0.39, 0.29) is 92.0 Å². The van der Waals surface area contributed by atoms with Crippen LogP contribution in [0, 0.1) is 86.3 Å². The minimum Gasteiger partial charge on any atom is -0.508 e. The van der Waals surface area contributed by atoms with Crippen LogP contribution >= 0.6 is 21.6 Å². The SMILES string of the molecule is CC(C)C(C)C1OC1C1(O)CC=CC2CC3C4=CC(=O)C5(CC(O)C(O)(CO)CC35C)C(O)SSCC3CCCC(CO)C35C(=O)N(CC53CCC(C5CC6C=C7C=CCOC7CC6C6(CCCC6)N5)C3O)c3cc(O)cc(c3)CCC23C1CCC43O. The Morgan fingerprint density at radius 1 is 0.908 bits per heavy atom. The third kappa shape index (κ3) is 8.08. The van der Waals surface area contributed by atoms with Crippen LogP contribution in [0.25, 0.3) is 0 Å². The molecule has 24 unspecified atom stereocenters. The molecule has 476 valence electrons. The van der Waals surface area contributed by atoms with Gasteiger partial charge in [-0.2, -0.15) is 0 Å². The maximum atomic E-state index is 16.8. The Labute approximate surface area is 521 Å². The van der Waals surface area contributed by atoms with Gasteiger partial charge >= 0.3 is 0 Å². The van der Waals surface area contributed by atoms with Gasteiger partial charge in [-0.3, -0.25) is 9.59 Å². The number of phenolic OH excluding ortho intramolecular Hbond substituents is 1. The quantitative estimate of drug-likeness (QED) is 0.0747. The van der Waals surface area contributed by atoms with E-state index in [9.17, 15) is 46.0 Å². The van der Waals surface area contributed by atoms with Crippen LogP contribution in [-0.4, -0.2) is 154 Å². The highest BCUT2D eigenvalue weighted by Gasteiger charge is 2.80. The molecule has 17 rings (SSSR count). The Bertz CT molecular complexity index is 3080. The molecule has 17 heteroatoms. The Balaban J connectivity index is 0.875. The number of allylic oxidation sites excluding steroid dienone is 3. The zero-order chi connectivity index (χ0) is 60.8. The number of hydrogen-bond donors (Lipinski definition) is 10. The number of hydrogen-bond acceptors (Lipinski definition) is 16. The molecule has 6 saturated carbocycles. The Morgan fingerprint density at radius 3 is 2.48 bits per heavy atom. The summed E-state index contributed by atoms with van der Waals surface area (Å²) in [5, 5.41) is 119. The molecule has 7 heterocycles. The van der Waals surface area contributed by atoms with E-state index in [0.717, 1.165) is 61.3 Å². The van der Waals surface area contributed by atoms with E-state index >= 15 is 9.59 Å². The average Bonchev–Trinajstić information content (AvgIpc) is 1.65. The van der Waals surface area contributed by atoms with E-state index in [0.29, 0.717) is 86.8 Å². The number of aryl methyl sites for hydroxylation is 1.